The topological polar surface area (TPSA) is 9.23 Å². The second kappa shape index (κ2) is 14.2. The largest absolute Gasteiger partial charge is 0.432 e. The van der Waals surface area contributed by atoms with Crippen molar-refractivity contribution in [1.29, 1.82) is 0 Å². The number of halogens is 7. The van der Waals surface area contributed by atoms with Crippen LogP contribution >= 0.6 is 11.6 Å². The zero-order chi connectivity index (χ0) is 31.4. The van der Waals surface area contributed by atoms with E-state index in [4.69, 9.17) is 11.6 Å². The zero-order valence-electron chi connectivity index (χ0n) is 25.0. The Hall–Kier alpha value is -2.67. The first kappa shape index (κ1) is 32.7. The quantitative estimate of drug-likeness (QED) is 0.159. The Morgan fingerprint density at radius 1 is 0.727 bits per heavy atom. The van der Waals surface area contributed by atoms with Gasteiger partial charge in [-0.05, 0) is 104 Å². The molecule has 2 fully saturated rings. The van der Waals surface area contributed by atoms with E-state index in [2.05, 4.69) is 11.7 Å². The van der Waals surface area contributed by atoms with Gasteiger partial charge in [-0.15, -0.1) is 0 Å². The minimum Gasteiger partial charge on any atom is -0.429 e. The first-order valence-corrected chi connectivity index (χ1v) is 16.2. The highest BCUT2D eigenvalue weighted by Crippen LogP contribution is 2.45. The van der Waals surface area contributed by atoms with Crippen LogP contribution in [0, 0.1) is 41.0 Å². The van der Waals surface area contributed by atoms with Crippen molar-refractivity contribution < 1.29 is 31.1 Å². The molecule has 3 aromatic carbocycles. The molecule has 0 spiro atoms. The van der Waals surface area contributed by atoms with Gasteiger partial charge in [0, 0.05) is 11.6 Å². The van der Waals surface area contributed by atoms with Crippen molar-refractivity contribution >= 4 is 11.6 Å². The van der Waals surface area contributed by atoms with Gasteiger partial charge in [-0.3, -0.25) is 0 Å². The maximum Gasteiger partial charge on any atom is 0.432 e. The van der Waals surface area contributed by atoms with E-state index in [1.165, 1.54) is 63.5 Å². The predicted molar refractivity (Wildman–Crippen MR) is 162 cm³/mol. The minimum absolute atomic E-state index is 0.0912. The van der Waals surface area contributed by atoms with Crippen LogP contribution in [-0.4, -0.2) is 0 Å². The second-order valence-electron chi connectivity index (χ2n) is 12.6. The van der Waals surface area contributed by atoms with Crippen LogP contribution in [0.5, 0.6) is 5.75 Å². The summed E-state index contributed by atoms with van der Waals surface area (Å²) < 4.78 is 92.7. The van der Waals surface area contributed by atoms with Crippen molar-refractivity contribution in [2.75, 3.05) is 0 Å². The van der Waals surface area contributed by atoms with Crippen molar-refractivity contribution in [2.24, 2.45) is 17.8 Å². The summed E-state index contributed by atoms with van der Waals surface area (Å²) in [6.07, 6.45) is 10.4. The standard InChI is InChI=1S/C36H39ClF6O/c1-2-3-4-5-22-6-8-23(9-7-22)24-10-12-25(13-11-24)26-14-16-29(31(38)18-26)27-19-33(40)35(34(41)20-27)36(42,43)44-28-15-17-30(37)32(39)21-28/h14-25H,2-13H2,1H3. The number of rotatable bonds is 10. The van der Waals surface area contributed by atoms with Crippen LogP contribution < -0.4 is 4.74 Å². The Bertz CT molecular complexity index is 1400. The predicted octanol–water partition coefficient (Wildman–Crippen LogP) is 12.4. The number of alkyl halides is 2. The van der Waals surface area contributed by atoms with Crippen molar-refractivity contribution in [3.05, 3.63) is 87.9 Å². The maximum atomic E-state index is 15.3. The molecule has 2 aliphatic carbocycles. The lowest BCUT2D eigenvalue weighted by atomic mass is 9.68. The third-order valence-corrected chi connectivity index (χ3v) is 10.1. The molecular weight excluding hydrogens is 598 g/mol. The summed E-state index contributed by atoms with van der Waals surface area (Å²) >= 11 is 5.55. The summed E-state index contributed by atoms with van der Waals surface area (Å²) in [5, 5.41) is -0.325. The molecule has 0 saturated heterocycles. The summed E-state index contributed by atoms with van der Waals surface area (Å²) in [6, 6.07) is 8.45. The van der Waals surface area contributed by atoms with Gasteiger partial charge in [-0.2, -0.15) is 8.78 Å². The molecule has 3 aromatic rings. The summed E-state index contributed by atoms with van der Waals surface area (Å²) in [5.74, 6) is -2.99. The van der Waals surface area contributed by atoms with E-state index < -0.39 is 40.7 Å². The van der Waals surface area contributed by atoms with Gasteiger partial charge in [0.05, 0.1) is 5.02 Å². The number of unbranched alkanes of at least 4 members (excludes halogenated alkanes) is 2. The fraction of sp³-hybridized carbons (Fsp3) is 0.500. The fourth-order valence-electron chi connectivity index (χ4n) is 7.32. The van der Waals surface area contributed by atoms with Gasteiger partial charge in [0.2, 0.25) is 0 Å². The summed E-state index contributed by atoms with van der Waals surface area (Å²) in [6.45, 7) is 2.25. The Kier molecular flexibility index (Phi) is 10.5. The van der Waals surface area contributed by atoms with Gasteiger partial charge in [-0.25, -0.2) is 17.6 Å². The molecule has 2 saturated carbocycles. The van der Waals surface area contributed by atoms with Crippen LogP contribution in [0.1, 0.15) is 101 Å². The first-order valence-electron chi connectivity index (χ1n) is 15.9. The molecule has 0 aromatic heterocycles. The Labute approximate surface area is 261 Å². The molecular formula is C36H39ClF6O. The smallest absolute Gasteiger partial charge is 0.429 e. The Morgan fingerprint density at radius 3 is 1.95 bits per heavy atom. The maximum absolute atomic E-state index is 15.3. The molecule has 0 unspecified atom stereocenters. The highest BCUT2D eigenvalue weighted by Gasteiger charge is 2.41. The zero-order valence-corrected chi connectivity index (χ0v) is 25.7. The second-order valence-corrected chi connectivity index (χ2v) is 13.0. The average molecular weight is 637 g/mol. The van der Waals surface area contributed by atoms with Crippen LogP contribution in [-0.2, 0) is 6.11 Å². The third kappa shape index (κ3) is 7.58. The molecule has 44 heavy (non-hydrogen) atoms. The summed E-state index contributed by atoms with van der Waals surface area (Å²) in [7, 11) is 0. The molecule has 0 atom stereocenters. The lowest BCUT2D eigenvalue weighted by Crippen LogP contribution is -2.25. The van der Waals surface area contributed by atoms with Crippen LogP contribution in [0.25, 0.3) is 11.1 Å². The number of hydrogen-bond acceptors (Lipinski definition) is 1. The molecule has 2 aliphatic rings. The lowest BCUT2D eigenvalue weighted by Gasteiger charge is -2.38. The third-order valence-electron chi connectivity index (χ3n) is 9.79. The SMILES string of the molecule is CCCCCC1CCC(C2CCC(c3ccc(-c4cc(F)c(C(F)(F)Oc5ccc(Cl)c(F)c5)c(F)c4)c(F)c3)CC2)CC1. The van der Waals surface area contributed by atoms with Gasteiger partial charge < -0.3 is 4.74 Å². The van der Waals surface area contributed by atoms with Crippen LogP contribution in [0.2, 0.25) is 5.02 Å². The Balaban J connectivity index is 1.21. The van der Waals surface area contributed by atoms with E-state index in [0.717, 1.165) is 61.1 Å². The molecule has 238 valence electrons. The van der Waals surface area contributed by atoms with E-state index in [9.17, 15) is 22.0 Å². The van der Waals surface area contributed by atoms with E-state index in [1.807, 2.05) is 0 Å². The van der Waals surface area contributed by atoms with E-state index in [-0.39, 0.29) is 22.1 Å². The molecule has 0 radical (unpaired) electrons. The van der Waals surface area contributed by atoms with Crippen molar-refractivity contribution in [1.82, 2.24) is 0 Å². The van der Waals surface area contributed by atoms with Crippen LogP contribution in [0.3, 0.4) is 0 Å². The first-order chi connectivity index (χ1) is 21.1. The normalized spacial score (nSPS) is 22.6. The highest BCUT2D eigenvalue weighted by molar-refractivity contribution is 6.30. The van der Waals surface area contributed by atoms with Gasteiger partial charge in [-0.1, -0.05) is 69.2 Å². The molecule has 0 heterocycles. The van der Waals surface area contributed by atoms with Gasteiger partial charge in [0.15, 0.2) is 0 Å². The van der Waals surface area contributed by atoms with E-state index in [1.54, 1.807) is 6.07 Å². The van der Waals surface area contributed by atoms with Gasteiger partial charge in [0.1, 0.15) is 34.6 Å². The van der Waals surface area contributed by atoms with Gasteiger partial charge in [0.25, 0.3) is 0 Å². The summed E-state index contributed by atoms with van der Waals surface area (Å²) in [5.41, 5.74) is -1.12. The van der Waals surface area contributed by atoms with E-state index in [0.29, 0.717) is 18.2 Å². The molecule has 1 nitrogen and oxygen atoms in total. The molecule has 0 N–H and O–H groups in total. The fourth-order valence-corrected chi connectivity index (χ4v) is 7.44. The van der Waals surface area contributed by atoms with E-state index >= 15 is 4.39 Å². The Morgan fingerprint density at radius 2 is 1.36 bits per heavy atom. The summed E-state index contributed by atoms with van der Waals surface area (Å²) in [4.78, 5) is 0. The monoisotopic (exact) mass is 636 g/mol. The minimum atomic E-state index is -4.47. The molecule has 0 amide bonds. The molecule has 0 aliphatic heterocycles. The lowest BCUT2D eigenvalue weighted by molar-refractivity contribution is -0.189. The number of hydrogen-bond donors (Lipinski definition) is 0. The average Bonchev–Trinajstić information content (AvgIpc) is 2.99. The number of benzene rings is 3. The van der Waals surface area contributed by atoms with Crippen molar-refractivity contribution in [2.45, 2.75) is 96.0 Å². The van der Waals surface area contributed by atoms with Gasteiger partial charge >= 0.3 is 6.11 Å². The molecule has 0 bridgehead atoms. The van der Waals surface area contributed by atoms with Crippen molar-refractivity contribution in [3.63, 3.8) is 0 Å². The van der Waals surface area contributed by atoms with Crippen molar-refractivity contribution in [3.8, 4) is 16.9 Å². The molecule has 8 heteroatoms. The number of ether oxygens (including phenoxy) is 1. The van der Waals surface area contributed by atoms with Crippen LogP contribution in [0.4, 0.5) is 26.3 Å². The molecule has 5 rings (SSSR count). The highest BCUT2D eigenvalue weighted by atomic mass is 35.5. The van der Waals surface area contributed by atoms with Crippen LogP contribution in [0.15, 0.2) is 48.5 Å².